The molecule has 1 aromatic rings. The van der Waals surface area contributed by atoms with Crippen molar-refractivity contribution < 1.29 is 4.74 Å². The van der Waals surface area contributed by atoms with Gasteiger partial charge in [-0.05, 0) is 48.8 Å². The summed E-state index contributed by atoms with van der Waals surface area (Å²) in [6.45, 7) is 2.01. The first-order valence-electron chi connectivity index (χ1n) is 5.40. The summed E-state index contributed by atoms with van der Waals surface area (Å²) in [7, 11) is 3.63. The lowest BCUT2D eigenvalue weighted by Gasteiger charge is -2.39. The highest BCUT2D eigenvalue weighted by atomic mass is 127. The molecule has 1 fully saturated rings. The second kappa shape index (κ2) is 4.44. The molecule has 1 aromatic heterocycles. The van der Waals surface area contributed by atoms with E-state index in [0.717, 1.165) is 33.7 Å². The monoisotopic (exact) mass is 333 g/mol. The van der Waals surface area contributed by atoms with Crippen molar-refractivity contribution in [3.05, 3.63) is 15.1 Å². The second-order valence-corrected chi connectivity index (χ2v) is 5.18. The van der Waals surface area contributed by atoms with Crippen molar-refractivity contribution in [1.82, 2.24) is 9.97 Å². The molecule has 0 atom stereocenters. The third kappa shape index (κ3) is 1.79. The summed E-state index contributed by atoms with van der Waals surface area (Å²) in [4.78, 5) is 9.12. The minimum atomic E-state index is -0.235. The van der Waals surface area contributed by atoms with Gasteiger partial charge in [-0.1, -0.05) is 0 Å². The second-order valence-electron chi connectivity index (χ2n) is 4.10. The van der Waals surface area contributed by atoms with Crippen LogP contribution in [0.4, 0.5) is 5.82 Å². The third-order valence-corrected chi connectivity index (χ3v) is 4.50. The van der Waals surface area contributed by atoms with Crippen LogP contribution in [0.15, 0.2) is 0 Å². The molecule has 1 saturated carbocycles. The molecule has 0 radical (unpaired) electrons. The first kappa shape index (κ1) is 12.0. The fourth-order valence-corrected chi connectivity index (χ4v) is 2.46. The quantitative estimate of drug-likeness (QED) is 0.864. The minimum Gasteiger partial charge on any atom is -0.372 e. The molecule has 1 aliphatic rings. The zero-order chi connectivity index (χ0) is 11.8. The van der Waals surface area contributed by atoms with E-state index in [1.807, 2.05) is 14.0 Å². The van der Waals surface area contributed by atoms with Crippen molar-refractivity contribution in [3.8, 4) is 0 Å². The van der Waals surface area contributed by atoms with Crippen molar-refractivity contribution in [2.24, 2.45) is 0 Å². The molecular formula is C11H16IN3O. The lowest BCUT2D eigenvalue weighted by Crippen LogP contribution is -2.38. The van der Waals surface area contributed by atoms with Crippen LogP contribution in [0.1, 0.15) is 30.8 Å². The Kier molecular flexibility index (Phi) is 3.34. The SMILES string of the molecule is CNc1nc(C2(OC)CCC2)nc(C)c1I. The smallest absolute Gasteiger partial charge is 0.162 e. The fourth-order valence-electron chi connectivity index (χ4n) is 1.95. The van der Waals surface area contributed by atoms with E-state index in [4.69, 9.17) is 4.74 Å². The molecule has 0 spiro atoms. The van der Waals surface area contributed by atoms with Crippen molar-refractivity contribution in [1.29, 1.82) is 0 Å². The molecule has 0 bridgehead atoms. The maximum atomic E-state index is 5.60. The molecule has 16 heavy (non-hydrogen) atoms. The van der Waals surface area contributed by atoms with Gasteiger partial charge in [0.25, 0.3) is 0 Å². The zero-order valence-electron chi connectivity index (χ0n) is 9.80. The van der Waals surface area contributed by atoms with Gasteiger partial charge in [-0.2, -0.15) is 0 Å². The summed E-state index contributed by atoms with van der Waals surface area (Å²) in [5.74, 6) is 1.72. The summed E-state index contributed by atoms with van der Waals surface area (Å²) >= 11 is 2.26. The average Bonchev–Trinajstić information content (AvgIpc) is 2.22. The van der Waals surface area contributed by atoms with Crippen LogP contribution in [0.2, 0.25) is 0 Å². The fraction of sp³-hybridized carbons (Fsp3) is 0.636. The van der Waals surface area contributed by atoms with Crippen molar-refractivity contribution >= 4 is 28.4 Å². The van der Waals surface area contributed by atoms with Gasteiger partial charge in [0, 0.05) is 14.2 Å². The van der Waals surface area contributed by atoms with Crippen LogP contribution < -0.4 is 5.32 Å². The van der Waals surface area contributed by atoms with Crippen LogP contribution in [-0.2, 0) is 10.3 Å². The van der Waals surface area contributed by atoms with Crippen molar-refractivity contribution in [2.75, 3.05) is 19.5 Å². The molecule has 0 aromatic carbocycles. The zero-order valence-corrected chi connectivity index (χ0v) is 12.0. The molecule has 4 nitrogen and oxygen atoms in total. The number of anilines is 1. The molecule has 1 N–H and O–H groups in total. The number of hydrogen-bond acceptors (Lipinski definition) is 4. The van der Waals surface area contributed by atoms with Gasteiger partial charge in [0.05, 0.1) is 9.26 Å². The van der Waals surface area contributed by atoms with Crippen LogP contribution in [0.5, 0.6) is 0 Å². The number of hydrogen-bond donors (Lipinski definition) is 1. The molecule has 88 valence electrons. The Morgan fingerprint density at radius 3 is 2.50 bits per heavy atom. The number of methoxy groups -OCH3 is 1. The van der Waals surface area contributed by atoms with Gasteiger partial charge in [0.1, 0.15) is 11.4 Å². The molecule has 0 unspecified atom stereocenters. The standard InChI is InChI=1S/C11H16IN3O/c1-7-8(12)9(13-2)15-10(14-7)11(16-3)5-4-6-11/h4-6H2,1-3H3,(H,13,14,15). The molecule has 2 rings (SSSR count). The van der Waals surface area contributed by atoms with E-state index in [2.05, 4.69) is 37.9 Å². The van der Waals surface area contributed by atoms with Gasteiger partial charge in [0.2, 0.25) is 0 Å². The van der Waals surface area contributed by atoms with E-state index in [-0.39, 0.29) is 5.60 Å². The van der Waals surface area contributed by atoms with E-state index < -0.39 is 0 Å². The number of halogens is 1. The van der Waals surface area contributed by atoms with Gasteiger partial charge >= 0.3 is 0 Å². The summed E-state index contributed by atoms with van der Waals surface area (Å²) in [5, 5.41) is 3.11. The number of rotatable bonds is 3. The summed E-state index contributed by atoms with van der Waals surface area (Å²) in [6.07, 6.45) is 3.23. The summed E-state index contributed by atoms with van der Waals surface area (Å²) in [6, 6.07) is 0. The predicted molar refractivity (Wildman–Crippen MR) is 71.6 cm³/mol. The van der Waals surface area contributed by atoms with Gasteiger partial charge < -0.3 is 10.1 Å². The topological polar surface area (TPSA) is 47.0 Å². The first-order valence-corrected chi connectivity index (χ1v) is 6.48. The van der Waals surface area contributed by atoms with Crippen LogP contribution in [-0.4, -0.2) is 24.1 Å². The normalized spacial score (nSPS) is 18.0. The van der Waals surface area contributed by atoms with Gasteiger partial charge in [-0.3, -0.25) is 0 Å². The number of aryl methyl sites for hydroxylation is 1. The number of ether oxygens (including phenoxy) is 1. The maximum absolute atomic E-state index is 5.60. The third-order valence-electron chi connectivity index (χ3n) is 3.21. The van der Waals surface area contributed by atoms with E-state index in [9.17, 15) is 0 Å². The Balaban J connectivity index is 2.45. The maximum Gasteiger partial charge on any atom is 0.162 e. The molecule has 0 aliphatic heterocycles. The van der Waals surface area contributed by atoms with E-state index in [0.29, 0.717) is 0 Å². The van der Waals surface area contributed by atoms with Crippen LogP contribution in [0.25, 0.3) is 0 Å². The van der Waals surface area contributed by atoms with Gasteiger partial charge in [-0.15, -0.1) is 0 Å². The Morgan fingerprint density at radius 1 is 1.38 bits per heavy atom. The van der Waals surface area contributed by atoms with E-state index in [1.54, 1.807) is 7.11 Å². The minimum absolute atomic E-state index is 0.235. The lowest BCUT2D eigenvalue weighted by molar-refractivity contribution is -0.0846. The van der Waals surface area contributed by atoms with Crippen molar-refractivity contribution in [2.45, 2.75) is 31.8 Å². The van der Waals surface area contributed by atoms with Crippen LogP contribution in [0.3, 0.4) is 0 Å². The highest BCUT2D eigenvalue weighted by molar-refractivity contribution is 14.1. The number of aromatic nitrogens is 2. The first-order chi connectivity index (χ1) is 7.63. The van der Waals surface area contributed by atoms with E-state index >= 15 is 0 Å². The number of nitrogens with one attached hydrogen (secondary N) is 1. The Hall–Kier alpha value is -0.430. The summed E-state index contributed by atoms with van der Waals surface area (Å²) < 4.78 is 6.68. The molecule has 1 aliphatic carbocycles. The van der Waals surface area contributed by atoms with E-state index in [1.165, 1.54) is 6.42 Å². The predicted octanol–water partition coefficient (Wildman–Crippen LogP) is 2.46. The highest BCUT2D eigenvalue weighted by Crippen LogP contribution is 2.43. The highest BCUT2D eigenvalue weighted by Gasteiger charge is 2.42. The van der Waals surface area contributed by atoms with Crippen LogP contribution >= 0.6 is 22.6 Å². The molecule has 0 amide bonds. The Morgan fingerprint density at radius 2 is 2.06 bits per heavy atom. The summed E-state index contributed by atoms with van der Waals surface area (Å²) in [5.41, 5.74) is 0.777. The molecular weight excluding hydrogens is 317 g/mol. The van der Waals surface area contributed by atoms with Gasteiger partial charge in [0.15, 0.2) is 5.82 Å². The Bertz CT molecular complexity index is 399. The Labute approximate surface area is 109 Å². The average molecular weight is 333 g/mol. The number of nitrogens with zero attached hydrogens (tertiary/aromatic N) is 2. The largest absolute Gasteiger partial charge is 0.372 e. The lowest BCUT2D eigenvalue weighted by atomic mass is 9.79. The van der Waals surface area contributed by atoms with Crippen LogP contribution in [0, 0.1) is 10.5 Å². The molecule has 5 heteroatoms. The molecule has 0 saturated heterocycles. The molecule has 1 heterocycles. The van der Waals surface area contributed by atoms with Gasteiger partial charge in [-0.25, -0.2) is 9.97 Å². The van der Waals surface area contributed by atoms with Crippen molar-refractivity contribution in [3.63, 3.8) is 0 Å².